The molecule has 0 saturated heterocycles. The molecule has 92 valence electrons. The predicted octanol–water partition coefficient (Wildman–Crippen LogP) is 4.10. The fraction of sp³-hybridized carbons (Fsp3) is 0. The van der Waals surface area contributed by atoms with E-state index in [-0.39, 0.29) is 15.6 Å². The smallest absolute Gasteiger partial charge is 0.193 e. The van der Waals surface area contributed by atoms with Crippen LogP contribution in [-0.2, 0) is 0 Å². The van der Waals surface area contributed by atoms with Crippen molar-refractivity contribution in [3.05, 3.63) is 69.4 Å². The molecule has 0 unspecified atom stereocenters. The van der Waals surface area contributed by atoms with Gasteiger partial charge >= 0.3 is 0 Å². The summed E-state index contributed by atoms with van der Waals surface area (Å²) in [6.45, 7) is 0. The van der Waals surface area contributed by atoms with Gasteiger partial charge in [-0.2, -0.15) is 0 Å². The monoisotopic (exact) mass is 314 g/mol. The highest BCUT2D eigenvalue weighted by atomic mass is 79.9. The van der Waals surface area contributed by atoms with Crippen molar-refractivity contribution in [2.45, 2.75) is 0 Å². The van der Waals surface area contributed by atoms with Crippen LogP contribution < -0.4 is 0 Å². The molecule has 0 aromatic heterocycles. The molecule has 0 atom stereocenters. The van der Waals surface area contributed by atoms with Gasteiger partial charge < -0.3 is 0 Å². The Morgan fingerprint density at radius 3 is 2.06 bits per heavy atom. The van der Waals surface area contributed by atoms with Crippen LogP contribution >= 0.6 is 15.9 Å². The number of carbonyl (C=O) groups excluding carboxylic acids is 1. The molecule has 0 radical (unpaired) electrons. The van der Waals surface area contributed by atoms with Crippen LogP contribution in [0.2, 0.25) is 0 Å². The van der Waals surface area contributed by atoms with Gasteiger partial charge in [0.15, 0.2) is 5.78 Å². The summed E-state index contributed by atoms with van der Waals surface area (Å²) in [6, 6.07) is 6.22. The van der Waals surface area contributed by atoms with Gasteiger partial charge in [-0.05, 0) is 46.3 Å². The maximum Gasteiger partial charge on any atom is 0.193 e. The molecule has 0 fully saturated rings. The van der Waals surface area contributed by atoms with Crippen LogP contribution in [0.25, 0.3) is 0 Å². The van der Waals surface area contributed by atoms with E-state index in [2.05, 4.69) is 15.9 Å². The van der Waals surface area contributed by atoms with E-state index in [1.807, 2.05) is 0 Å². The molecule has 0 bridgehead atoms. The highest BCUT2D eigenvalue weighted by Gasteiger charge is 2.13. The topological polar surface area (TPSA) is 17.1 Å². The average Bonchev–Trinajstić information content (AvgIpc) is 2.30. The minimum Gasteiger partial charge on any atom is -0.289 e. The number of carbonyl (C=O) groups is 1. The van der Waals surface area contributed by atoms with Crippen molar-refractivity contribution in [1.29, 1.82) is 0 Å². The van der Waals surface area contributed by atoms with Crippen LogP contribution in [0.5, 0.6) is 0 Å². The van der Waals surface area contributed by atoms with Crippen molar-refractivity contribution in [2.75, 3.05) is 0 Å². The van der Waals surface area contributed by atoms with Crippen LogP contribution in [0.1, 0.15) is 15.9 Å². The van der Waals surface area contributed by atoms with Gasteiger partial charge in [-0.3, -0.25) is 4.79 Å². The zero-order valence-electron chi connectivity index (χ0n) is 8.88. The Balaban J connectivity index is 2.44. The van der Waals surface area contributed by atoms with Gasteiger partial charge in [0.2, 0.25) is 0 Å². The molecule has 2 rings (SSSR count). The van der Waals surface area contributed by atoms with Gasteiger partial charge in [0.05, 0.1) is 4.47 Å². The zero-order valence-corrected chi connectivity index (χ0v) is 10.5. The number of ketones is 1. The lowest BCUT2D eigenvalue weighted by atomic mass is 10.0. The van der Waals surface area contributed by atoms with E-state index in [0.29, 0.717) is 6.07 Å². The number of halogens is 4. The Morgan fingerprint density at radius 2 is 1.50 bits per heavy atom. The molecule has 0 N–H and O–H groups in total. The Morgan fingerprint density at radius 1 is 0.889 bits per heavy atom. The molecule has 5 heteroatoms. The maximum atomic E-state index is 13.3. The predicted molar refractivity (Wildman–Crippen MR) is 63.9 cm³/mol. The summed E-state index contributed by atoms with van der Waals surface area (Å²) >= 11 is 2.95. The maximum absolute atomic E-state index is 13.3. The summed E-state index contributed by atoms with van der Waals surface area (Å²) < 4.78 is 39.4. The Labute approximate surface area is 109 Å². The average molecular weight is 315 g/mol. The third-order valence-electron chi connectivity index (χ3n) is 2.31. The lowest BCUT2D eigenvalue weighted by Gasteiger charge is -2.03. The van der Waals surface area contributed by atoms with Crippen molar-refractivity contribution in [3.8, 4) is 0 Å². The summed E-state index contributed by atoms with van der Waals surface area (Å²) in [5, 5.41) is 0. The second-order valence-corrected chi connectivity index (χ2v) is 4.47. The second-order valence-electron chi connectivity index (χ2n) is 3.62. The Kier molecular flexibility index (Phi) is 3.52. The number of rotatable bonds is 2. The van der Waals surface area contributed by atoms with E-state index in [9.17, 15) is 18.0 Å². The molecule has 0 aliphatic rings. The summed E-state index contributed by atoms with van der Waals surface area (Å²) in [4.78, 5) is 11.9. The molecule has 0 heterocycles. The van der Waals surface area contributed by atoms with E-state index in [1.54, 1.807) is 0 Å². The van der Waals surface area contributed by atoms with Crippen LogP contribution in [0.4, 0.5) is 13.2 Å². The van der Waals surface area contributed by atoms with E-state index in [1.165, 1.54) is 12.1 Å². The van der Waals surface area contributed by atoms with E-state index in [0.717, 1.165) is 18.2 Å². The molecule has 2 aromatic carbocycles. The number of hydrogen-bond acceptors (Lipinski definition) is 1. The van der Waals surface area contributed by atoms with E-state index in [4.69, 9.17) is 0 Å². The van der Waals surface area contributed by atoms with Crippen LogP contribution in [0.15, 0.2) is 40.9 Å². The van der Waals surface area contributed by atoms with Gasteiger partial charge in [-0.1, -0.05) is 0 Å². The minimum absolute atomic E-state index is 0.0284. The first-order chi connectivity index (χ1) is 8.47. The third-order valence-corrected chi connectivity index (χ3v) is 2.95. The van der Waals surface area contributed by atoms with Crippen LogP contribution in [0, 0.1) is 17.5 Å². The second kappa shape index (κ2) is 4.94. The third kappa shape index (κ3) is 2.61. The molecule has 0 saturated carbocycles. The molecule has 0 spiro atoms. The fourth-order valence-electron chi connectivity index (χ4n) is 1.49. The normalized spacial score (nSPS) is 10.4. The van der Waals surface area contributed by atoms with Crippen molar-refractivity contribution in [2.24, 2.45) is 0 Å². The van der Waals surface area contributed by atoms with Crippen molar-refractivity contribution >= 4 is 21.7 Å². The summed E-state index contributed by atoms with van der Waals surface area (Å²) in [5.74, 6) is -2.95. The quantitative estimate of drug-likeness (QED) is 0.763. The summed E-state index contributed by atoms with van der Waals surface area (Å²) in [7, 11) is 0. The van der Waals surface area contributed by atoms with Crippen molar-refractivity contribution in [1.82, 2.24) is 0 Å². The Hall–Kier alpha value is -1.62. The Bertz CT molecular complexity index is 605. The highest BCUT2D eigenvalue weighted by Crippen LogP contribution is 2.19. The first kappa shape index (κ1) is 12.8. The van der Waals surface area contributed by atoms with Crippen LogP contribution in [-0.4, -0.2) is 5.78 Å². The molecule has 18 heavy (non-hydrogen) atoms. The SMILES string of the molecule is O=C(c1cc(F)cc(F)c1)c1ccc(Br)c(F)c1. The van der Waals surface area contributed by atoms with Crippen LogP contribution in [0.3, 0.4) is 0 Å². The standard InChI is InChI=1S/C13H6BrF3O/c14-11-2-1-7(5-12(11)17)13(18)8-3-9(15)6-10(16)4-8/h1-6H. The fourth-order valence-corrected chi connectivity index (χ4v) is 1.74. The molecule has 2 aromatic rings. The molecular weight excluding hydrogens is 309 g/mol. The molecule has 1 nitrogen and oxygen atoms in total. The molecule has 0 amide bonds. The van der Waals surface area contributed by atoms with Gasteiger partial charge in [0.1, 0.15) is 17.5 Å². The first-order valence-corrected chi connectivity index (χ1v) is 5.72. The molecule has 0 aliphatic heterocycles. The first-order valence-electron chi connectivity index (χ1n) is 4.93. The van der Waals surface area contributed by atoms with Crippen molar-refractivity contribution in [3.63, 3.8) is 0 Å². The minimum atomic E-state index is -0.851. The number of benzene rings is 2. The van der Waals surface area contributed by atoms with Gasteiger partial charge in [-0.25, -0.2) is 13.2 Å². The zero-order chi connectivity index (χ0) is 13.3. The highest BCUT2D eigenvalue weighted by molar-refractivity contribution is 9.10. The van der Waals surface area contributed by atoms with E-state index >= 15 is 0 Å². The lowest BCUT2D eigenvalue weighted by Crippen LogP contribution is -2.03. The van der Waals surface area contributed by atoms with E-state index < -0.39 is 23.2 Å². The van der Waals surface area contributed by atoms with Gasteiger partial charge in [-0.15, -0.1) is 0 Å². The molecular formula is C13H6BrF3O. The largest absolute Gasteiger partial charge is 0.289 e. The summed E-state index contributed by atoms with van der Waals surface area (Å²) in [6.07, 6.45) is 0. The lowest BCUT2D eigenvalue weighted by molar-refractivity contribution is 0.103. The summed E-state index contributed by atoms with van der Waals surface area (Å²) in [5.41, 5.74) is -0.130. The number of hydrogen-bond donors (Lipinski definition) is 0. The van der Waals surface area contributed by atoms with Crippen molar-refractivity contribution < 1.29 is 18.0 Å². The van der Waals surface area contributed by atoms with Gasteiger partial charge in [0.25, 0.3) is 0 Å². The van der Waals surface area contributed by atoms with Gasteiger partial charge in [0, 0.05) is 17.2 Å². The molecule has 0 aliphatic carbocycles.